The third-order valence-corrected chi connectivity index (χ3v) is 4.18. The lowest BCUT2D eigenvalue weighted by molar-refractivity contribution is 0.0598. The molecule has 0 bridgehead atoms. The Kier molecular flexibility index (Phi) is 3.59. The van der Waals surface area contributed by atoms with Crippen molar-refractivity contribution in [1.82, 2.24) is 9.97 Å². The molecule has 0 saturated heterocycles. The summed E-state index contributed by atoms with van der Waals surface area (Å²) in [5.41, 5.74) is 2.39. The predicted molar refractivity (Wildman–Crippen MR) is 82.0 cm³/mol. The fourth-order valence-corrected chi connectivity index (χ4v) is 3.03. The number of rotatable bonds is 3. The van der Waals surface area contributed by atoms with Gasteiger partial charge in [0.25, 0.3) is 0 Å². The van der Waals surface area contributed by atoms with Gasteiger partial charge in [-0.15, -0.1) is 0 Å². The highest BCUT2D eigenvalue weighted by Gasteiger charge is 2.41. The summed E-state index contributed by atoms with van der Waals surface area (Å²) in [4.78, 5) is 19.3. The Labute approximate surface area is 128 Å². The lowest BCUT2D eigenvalue weighted by Gasteiger charge is -2.07. The number of H-pyrrole nitrogens is 1. The van der Waals surface area contributed by atoms with Gasteiger partial charge in [-0.2, -0.15) is 0 Å². The first-order valence-electron chi connectivity index (χ1n) is 6.86. The molecular weight excluding hydrogens is 284 g/mol. The van der Waals surface area contributed by atoms with Crippen molar-refractivity contribution in [3.05, 3.63) is 57.6 Å². The molecule has 1 saturated carbocycles. The molecule has 0 aliphatic heterocycles. The molecule has 1 heterocycles. The largest absolute Gasteiger partial charge is 0.465 e. The van der Waals surface area contributed by atoms with Gasteiger partial charge >= 0.3 is 5.97 Å². The molecule has 5 heteroatoms. The van der Waals surface area contributed by atoms with Crippen LogP contribution in [0.15, 0.2) is 30.3 Å². The fraction of sp³-hybridized carbons (Fsp3) is 0.312. The van der Waals surface area contributed by atoms with Gasteiger partial charge in [0, 0.05) is 11.6 Å². The quantitative estimate of drug-likeness (QED) is 0.696. The van der Waals surface area contributed by atoms with Crippen LogP contribution in [0.5, 0.6) is 0 Å². The topological polar surface area (TPSA) is 55.0 Å². The van der Waals surface area contributed by atoms with Crippen LogP contribution in [0.1, 0.15) is 45.7 Å². The SMILES string of the molecule is COC(=O)c1c(C)[nH]c(C2CC2c2ccccc2)nc1=S. The van der Waals surface area contributed by atoms with Gasteiger partial charge in [0.1, 0.15) is 16.0 Å². The van der Waals surface area contributed by atoms with Crippen LogP contribution in [0.4, 0.5) is 0 Å². The van der Waals surface area contributed by atoms with Crippen molar-refractivity contribution in [3.8, 4) is 0 Å². The van der Waals surface area contributed by atoms with Crippen molar-refractivity contribution in [1.29, 1.82) is 0 Å². The number of carbonyl (C=O) groups is 1. The Bertz CT molecular complexity index is 740. The van der Waals surface area contributed by atoms with Crippen LogP contribution < -0.4 is 0 Å². The molecule has 1 aromatic carbocycles. The molecule has 2 unspecified atom stereocenters. The maximum atomic E-state index is 11.7. The van der Waals surface area contributed by atoms with Gasteiger partial charge in [-0.1, -0.05) is 42.5 Å². The third kappa shape index (κ3) is 2.61. The lowest BCUT2D eigenvalue weighted by Crippen LogP contribution is -2.10. The van der Waals surface area contributed by atoms with E-state index >= 15 is 0 Å². The number of benzene rings is 1. The lowest BCUT2D eigenvalue weighted by atomic mass is 10.1. The average molecular weight is 300 g/mol. The molecule has 1 fully saturated rings. The fourth-order valence-electron chi connectivity index (χ4n) is 2.69. The second kappa shape index (κ2) is 5.41. The summed E-state index contributed by atoms with van der Waals surface area (Å²) < 4.78 is 5.05. The van der Waals surface area contributed by atoms with Gasteiger partial charge in [0.2, 0.25) is 0 Å². The molecule has 2 atom stereocenters. The van der Waals surface area contributed by atoms with E-state index in [-0.39, 0.29) is 0 Å². The minimum atomic E-state index is -0.441. The summed E-state index contributed by atoms with van der Waals surface area (Å²) in [6.45, 7) is 1.83. The number of nitrogens with one attached hydrogen (secondary N) is 1. The van der Waals surface area contributed by atoms with Gasteiger partial charge in [-0.25, -0.2) is 9.78 Å². The van der Waals surface area contributed by atoms with Crippen LogP contribution in [-0.2, 0) is 4.74 Å². The van der Waals surface area contributed by atoms with E-state index < -0.39 is 5.97 Å². The summed E-state index contributed by atoms with van der Waals surface area (Å²) in [7, 11) is 1.34. The first-order chi connectivity index (χ1) is 10.1. The van der Waals surface area contributed by atoms with Crippen molar-refractivity contribution in [3.63, 3.8) is 0 Å². The summed E-state index contributed by atoms with van der Waals surface area (Å²) in [6.07, 6.45) is 1.05. The van der Waals surface area contributed by atoms with E-state index in [0.717, 1.165) is 17.9 Å². The Morgan fingerprint density at radius 3 is 2.67 bits per heavy atom. The van der Waals surface area contributed by atoms with Crippen molar-refractivity contribution in [2.24, 2.45) is 0 Å². The molecule has 2 aromatic rings. The smallest absolute Gasteiger partial charge is 0.342 e. The number of esters is 1. The van der Waals surface area contributed by atoms with E-state index in [1.54, 1.807) is 0 Å². The zero-order valence-electron chi connectivity index (χ0n) is 11.9. The van der Waals surface area contributed by atoms with Crippen molar-refractivity contribution in [2.75, 3.05) is 7.11 Å². The molecule has 1 aliphatic carbocycles. The Balaban J connectivity index is 1.89. The zero-order valence-corrected chi connectivity index (χ0v) is 12.7. The molecule has 3 rings (SSSR count). The van der Waals surface area contributed by atoms with Crippen molar-refractivity contribution in [2.45, 2.75) is 25.2 Å². The first-order valence-corrected chi connectivity index (χ1v) is 7.26. The van der Waals surface area contributed by atoms with Crippen molar-refractivity contribution < 1.29 is 9.53 Å². The van der Waals surface area contributed by atoms with Crippen molar-refractivity contribution >= 4 is 18.2 Å². The number of carbonyl (C=O) groups excluding carboxylic acids is 1. The van der Waals surface area contributed by atoms with Crippen LogP contribution in [0, 0.1) is 11.6 Å². The summed E-state index contributed by atoms with van der Waals surface area (Å²) >= 11 is 5.24. The molecule has 0 spiro atoms. The summed E-state index contributed by atoms with van der Waals surface area (Å²) in [6, 6.07) is 10.4. The number of hydrogen-bond donors (Lipinski definition) is 1. The highest BCUT2D eigenvalue weighted by atomic mass is 32.1. The molecule has 21 heavy (non-hydrogen) atoms. The minimum Gasteiger partial charge on any atom is -0.465 e. The van der Waals surface area contributed by atoms with Crippen LogP contribution >= 0.6 is 12.2 Å². The monoisotopic (exact) mass is 300 g/mol. The van der Waals surface area contributed by atoms with Crippen LogP contribution in [-0.4, -0.2) is 23.0 Å². The van der Waals surface area contributed by atoms with E-state index in [2.05, 4.69) is 22.1 Å². The van der Waals surface area contributed by atoms with Gasteiger partial charge in [0.15, 0.2) is 0 Å². The summed E-state index contributed by atoms with van der Waals surface area (Å²) in [5, 5.41) is 0. The first kappa shape index (κ1) is 13.9. The molecular formula is C16H16N2O2S. The third-order valence-electron chi connectivity index (χ3n) is 3.89. The number of aromatic amines is 1. The molecule has 0 radical (unpaired) electrons. The van der Waals surface area contributed by atoms with E-state index in [4.69, 9.17) is 17.0 Å². The Morgan fingerprint density at radius 2 is 2.05 bits per heavy atom. The van der Waals surface area contributed by atoms with Gasteiger partial charge in [0.05, 0.1) is 7.11 Å². The standard InChI is InChI=1S/C16H16N2O2S/c1-9-13(16(19)20-2)15(21)18-14(17-9)12-8-11(12)10-6-4-3-5-7-10/h3-7,11-12H,8H2,1-2H3,(H,17,18,21). The number of ether oxygens (including phenoxy) is 1. The van der Waals surface area contributed by atoms with Crippen LogP contribution in [0.25, 0.3) is 0 Å². The number of aryl methyl sites for hydroxylation is 1. The zero-order chi connectivity index (χ0) is 15.0. The number of methoxy groups -OCH3 is 1. The van der Waals surface area contributed by atoms with Crippen LogP contribution in [0.3, 0.4) is 0 Å². The molecule has 1 aromatic heterocycles. The number of aromatic nitrogens is 2. The van der Waals surface area contributed by atoms with E-state index in [1.807, 2.05) is 25.1 Å². The highest BCUT2D eigenvalue weighted by molar-refractivity contribution is 7.71. The second-order valence-corrected chi connectivity index (χ2v) is 5.66. The van der Waals surface area contributed by atoms with Gasteiger partial charge in [-0.3, -0.25) is 0 Å². The maximum absolute atomic E-state index is 11.7. The predicted octanol–water partition coefficient (Wildman–Crippen LogP) is 3.51. The highest BCUT2D eigenvalue weighted by Crippen LogP contribution is 2.53. The maximum Gasteiger partial charge on any atom is 0.342 e. The average Bonchev–Trinajstić information content (AvgIpc) is 3.27. The van der Waals surface area contributed by atoms with Gasteiger partial charge in [-0.05, 0) is 24.8 Å². The van der Waals surface area contributed by atoms with E-state index in [1.165, 1.54) is 12.7 Å². The normalized spacial score (nSPS) is 20.1. The molecule has 1 aliphatic rings. The Hall–Kier alpha value is -2.01. The molecule has 108 valence electrons. The Morgan fingerprint density at radius 1 is 1.33 bits per heavy atom. The van der Waals surface area contributed by atoms with Crippen LogP contribution in [0.2, 0.25) is 0 Å². The number of hydrogen-bond acceptors (Lipinski definition) is 4. The van der Waals surface area contributed by atoms with E-state index in [9.17, 15) is 4.79 Å². The molecule has 0 amide bonds. The molecule has 4 nitrogen and oxygen atoms in total. The molecule has 1 N–H and O–H groups in total. The number of nitrogens with zero attached hydrogens (tertiary/aromatic N) is 1. The van der Waals surface area contributed by atoms with E-state index in [0.29, 0.717) is 22.0 Å². The second-order valence-electron chi connectivity index (χ2n) is 5.28. The minimum absolute atomic E-state index is 0.312. The van der Waals surface area contributed by atoms with Gasteiger partial charge < -0.3 is 9.72 Å². The summed E-state index contributed by atoms with van der Waals surface area (Å²) in [5.74, 6) is 1.24.